The molecule has 1 aliphatic rings. The minimum atomic E-state index is -3.58. The van der Waals surface area contributed by atoms with Gasteiger partial charge < -0.3 is 15.4 Å². The Morgan fingerprint density at radius 3 is 2.23 bits per heavy atom. The van der Waals surface area contributed by atoms with E-state index in [0.717, 1.165) is 12.8 Å². The summed E-state index contributed by atoms with van der Waals surface area (Å²) in [6.07, 6.45) is 2.89. The van der Waals surface area contributed by atoms with Crippen molar-refractivity contribution in [1.29, 1.82) is 0 Å². The number of sulfonamides is 1. The third kappa shape index (κ3) is 7.81. The highest BCUT2D eigenvalue weighted by molar-refractivity contribution is 7.89. The SMILES string of the molecule is COc1ccc(S(=O)(=O)NCC2CCC(C(=O)NC(C)C(=O)NCC(C)C)CC2)cc1. The van der Waals surface area contributed by atoms with Gasteiger partial charge in [0.1, 0.15) is 11.8 Å². The highest BCUT2D eigenvalue weighted by Gasteiger charge is 2.29. The van der Waals surface area contributed by atoms with Gasteiger partial charge in [0, 0.05) is 19.0 Å². The summed E-state index contributed by atoms with van der Waals surface area (Å²) < 4.78 is 32.7. The van der Waals surface area contributed by atoms with Gasteiger partial charge in [0.25, 0.3) is 0 Å². The molecule has 0 saturated heterocycles. The molecule has 1 aromatic carbocycles. The quantitative estimate of drug-likeness (QED) is 0.502. The topological polar surface area (TPSA) is 114 Å². The average Bonchev–Trinajstić information content (AvgIpc) is 2.76. The van der Waals surface area contributed by atoms with Gasteiger partial charge in [-0.25, -0.2) is 13.1 Å². The zero-order chi connectivity index (χ0) is 23.0. The Labute approximate surface area is 185 Å². The van der Waals surface area contributed by atoms with Crippen molar-refractivity contribution < 1.29 is 22.7 Å². The Morgan fingerprint density at radius 1 is 1.06 bits per heavy atom. The van der Waals surface area contributed by atoms with Crippen molar-refractivity contribution in [1.82, 2.24) is 15.4 Å². The summed E-state index contributed by atoms with van der Waals surface area (Å²) in [7, 11) is -2.05. The fourth-order valence-corrected chi connectivity index (χ4v) is 4.67. The second kappa shape index (κ2) is 11.5. The number of hydrogen-bond donors (Lipinski definition) is 3. The number of amides is 2. The number of methoxy groups -OCH3 is 1. The molecule has 31 heavy (non-hydrogen) atoms. The van der Waals surface area contributed by atoms with Gasteiger partial charge in [0.15, 0.2) is 0 Å². The van der Waals surface area contributed by atoms with E-state index >= 15 is 0 Å². The van der Waals surface area contributed by atoms with E-state index in [1.54, 1.807) is 19.1 Å². The van der Waals surface area contributed by atoms with Crippen LogP contribution in [-0.4, -0.2) is 46.5 Å². The van der Waals surface area contributed by atoms with Crippen molar-refractivity contribution in [2.24, 2.45) is 17.8 Å². The summed E-state index contributed by atoms with van der Waals surface area (Å²) >= 11 is 0. The molecule has 3 N–H and O–H groups in total. The maximum Gasteiger partial charge on any atom is 0.242 e. The number of carbonyl (C=O) groups is 2. The second-order valence-corrected chi connectivity index (χ2v) is 10.4. The number of ether oxygens (including phenoxy) is 1. The normalized spacial score (nSPS) is 20.2. The molecule has 1 unspecified atom stereocenters. The Balaban J connectivity index is 1.76. The first-order valence-electron chi connectivity index (χ1n) is 10.8. The summed E-state index contributed by atoms with van der Waals surface area (Å²) in [4.78, 5) is 24.8. The molecule has 174 valence electrons. The van der Waals surface area contributed by atoms with Gasteiger partial charge in [-0.15, -0.1) is 0 Å². The zero-order valence-corrected chi connectivity index (χ0v) is 19.6. The maximum absolute atomic E-state index is 12.5. The molecule has 1 aliphatic carbocycles. The van der Waals surface area contributed by atoms with Crippen molar-refractivity contribution >= 4 is 21.8 Å². The molecule has 0 aromatic heterocycles. The van der Waals surface area contributed by atoms with Crippen LogP contribution in [0.2, 0.25) is 0 Å². The van der Waals surface area contributed by atoms with E-state index in [9.17, 15) is 18.0 Å². The van der Waals surface area contributed by atoms with E-state index < -0.39 is 16.1 Å². The minimum Gasteiger partial charge on any atom is -0.497 e. The summed E-state index contributed by atoms with van der Waals surface area (Å²) in [5.41, 5.74) is 0. The number of rotatable bonds is 10. The first-order chi connectivity index (χ1) is 14.6. The first-order valence-corrected chi connectivity index (χ1v) is 12.3. The van der Waals surface area contributed by atoms with Gasteiger partial charge in [0.2, 0.25) is 21.8 Å². The van der Waals surface area contributed by atoms with Crippen LogP contribution in [0.3, 0.4) is 0 Å². The smallest absolute Gasteiger partial charge is 0.242 e. The van der Waals surface area contributed by atoms with Gasteiger partial charge in [0.05, 0.1) is 12.0 Å². The van der Waals surface area contributed by atoms with E-state index in [0.29, 0.717) is 37.6 Å². The van der Waals surface area contributed by atoms with E-state index in [2.05, 4.69) is 15.4 Å². The zero-order valence-electron chi connectivity index (χ0n) is 18.8. The Kier molecular flexibility index (Phi) is 9.31. The van der Waals surface area contributed by atoms with Gasteiger partial charge in [-0.05, 0) is 68.7 Å². The largest absolute Gasteiger partial charge is 0.497 e. The molecule has 2 rings (SSSR count). The summed E-state index contributed by atoms with van der Waals surface area (Å²) in [6, 6.07) is 5.69. The molecular formula is C22H35N3O5S. The predicted octanol–water partition coefficient (Wildman–Crippen LogP) is 2.06. The van der Waals surface area contributed by atoms with Crippen LogP contribution in [0, 0.1) is 17.8 Å². The Hall–Kier alpha value is -2.13. The standard InChI is InChI=1S/C22H35N3O5S/c1-15(2)13-23-21(26)16(3)25-22(27)18-7-5-17(6-8-18)14-24-31(28,29)20-11-9-19(30-4)10-12-20/h9-12,15-18,24H,5-8,13-14H2,1-4H3,(H,23,26)(H,25,27). The molecule has 1 aromatic rings. The Morgan fingerprint density at radius 2 is 1.68 bits per heavy atom. The highest BCUT2D eigenvalue weighted by atomic mass is 32.2. The van der Waals surface area contributed by atoms with Crippen LogP contribution in [0.15, 0.2) is 29.2 Å². The van der Waals surface area contributed by atoms with E-state index in [1.165, 1.54) is 19.2 Å². The summed E-state index contributed by atoms with van der Waals surface area (Å²) in [5.74, 6) is 0.707. The minimum absolute atomic E-state index is 0.107. The van der Waals surface area contributed by atoms with E-state index in [4.69, 9.17) is 4.74 Å². The maximum atomic E-state index is 12.5. The van der Waals surface area contributed by atoms with Gasteiger partial charge in [-0.3, -0.25) is 9.59 Å². The lowest BCUT2D eigenvalue weighted by atomic mass is 9.81. The number of hydrogen-bond acceptors (Lipinski definition) is 5. The van der Waals surface area contributed by atoms with Crippen LogP contribution in [0.4, 0.5) is 0 Å². The van der Waals surface area contributed by atoms with Crippen molar-refractivity contribution in [2.75, 3.05) is 20.2 Å². The lowest BCUT2D eigenvalue weighted by molar-refractivity contribution is -0.131. The third-order valence-corrected chi connectivity index (χ3v) is 7.03. The first kappa shape index (κ1) is 25.1. The van der Waals surface area contributed by atoms with Crippen molar-refractivity contribution in [3.63, 3.8) is 0 Å². The number of nitrogens with one attached hydrogen (secondary N) is 3. The number of benzene rings is 1. The monoisotopic (exact) mass is 453 g/mol. The van der Waals surface area contributed by atoms with Gasteiger partial charge >= 0.3 is 0 Å². The molecule has 9 heteroatoms. The van der Waals surface area contributed by atoms with Crippen LogP contribution >= 0.6 is 0 Å². The van der Waals surface area contributed by atoms with Crippen molar-refractivity contribution in [3.8, 4) is 5.75 Å². The molecular weight excluding hydrogens is 418 g/mol. The molecule has 0 spiro atoms. The molecule has 2 amide bonds. The molecule has 1 saturated carbocycles. The van der Waals surface area contributed by atoms with Gasteiger partial charge in [-0.1, -0.05) is 13.8 Å². The second-order valence-electron chi connectivity index (χ2n) is 8.61. The molecule has 1 atom stereocenters. The predicted molar refractivity (Wildman–Crippen MR) is 119 cm³/mol. The molecule has 0 aliphatic heterocycles. The number of carbonyl (C=O) groups excluding carboxylic acids is 2. The van der Waals surface area contributed by atoms with E-state index in [1.807, 2.05) is 13.8 Å². The van der Waals surface area contributed by atoms with Crippen molar-refractivity contribution in [3.05, 3.63) is 24.3 Å². The Bertz CT molecular complexity index is 831. The van der Waals surface area contributed by atoms with Crippen LogP contribution in [0.5, 0.6) is 5.75 Å². The molecule has 0 heterocycles. The third-order valence-electron chi connectivity index (χ3n) is 5.59. The fourth-order valence-electron chi connectivity index (χ4n) is 3.55. The van der Waals surface area contributed by atoms with Crippen LogP contribution in [-0.2, 0) is 19.6 Å². The van der Waals surface area contributed by atoms with Gasteiger partial charge in [-0.2, -0.15) is 0 Å². The summed E-state index contributed by atoms with van der Waals surface area (Å²) in [5, 5.41) is 5.62. The molecule has 0 bridgehead atoms. The van der Waals surface area contributed by atoms with Crippen LogP contribution in [0.25, 0.3) is 0 Å². The lowest BCUT2D eigenvalue weighted by Gasteiger charge is -2.28. The van der Waals surface area contributed by atoms with Crippen molar-refractivity contribution in [2.45, 2.75) is 57.4 Å². The van der Waals surface area contributed by atoms with Crippen LogP contribution < -0.4 is 20.1 Å². The average molecular weight is 454 g/mol. The van der Waals surface area contributed by atoms with E-state index in [-0.39, 0.29) is 28.5 Å². The molecule has 1 fully saturated rings. The molecule has 0 radical (unpaired) electrons. The highest BCUT2D eigenvalue weighted by Crippen LogP contribution is 2.29. The summed E-state index contributed by atoms with van der Waals surface area (Å²) in [6.45, 7) is 6.64. The lowest BCUT2D eigenvalue weighted by Crippen LogP contribution is -2.48. The fraction of sp³-hybridized carbons (Fsp3) is 0.636. The molecule has 8 nitrogen and oxygen atoms in total. The van der Waals surface area contributed by atoms with Crippen LogP contribution in [0.1, 0.15) is 46.5 Å².